The summed E-state index contributed by atoms with van der Waals surface area (Å²) >= 11 is 0. The van der Waals surface area contributed by atoms with Crippen LogP contribution >= 0.6 is 0 Å². The topological polar surface area (TPSA) is 68.8 Å². The van der Waals surface area contributed by atoms with E-state index >= 15 is 0 Å². The molecule has 0 aromatic heterocycles. The number of carbonyl (C=O) groups excluding carboxylic acids is 1. The van der Waals surface area contributed by atoms with Crippen molar-refractivity contribution in [3.05, 3.63) is 29.8 Å². The zero-order valence-electron chi connectivity index (χ0n) is 15.2. The number of guanidine groups is 1. The molecule has 1 atom stereocenters. The second-order valence-corrected chi connectivity index (χ2v) is 7.12. The van der Waals surface area contributed by atoms with Gasteiger partial charge < -0.3 is 20.9 Å². The molecule has 2 heterocycles. The number of carbonyl (C=O) groups is 1. The lowest BCUT2D eigenvalue weighted by molar-refractivity contribution is -0.116. The van der Waals surface area contributed by atoms with Gasteiger partial charge in [-0.1, -0.05) is 18.2 Å². The van der Waals surface area contributed by atoms with Crippen LogP contribution in [-0.2, 0) is 4.79 Å². The molecule has 1 saturated heterocycles. The average Bonchev–Trinajstić information content (AvgIpc) is 2.63. The third-order valence-corrected chi connectivity index (χ3v) is 5.24. The molecule has 1 fully saturated rings. The Bertz CT molecular complexity index is 622. The summed E-state index contributed by atoms with van der Waals surface area (Å²) in [7, 11) is 3.98. The largest absolute Gasteiger partial charge is 0.356 e. The smallest absolute Gasteiger partial charge is 0.225 e. The fraction of sp³-hybridized carbons (Fsp3) is 0.579. The molecular formula is C19H29N5O. The van der Waals surface area contributed by atoms with Gasteiger partial charge in [0.05, 0.1) is 0 Å². The summed E-state index contributed by atoms with van der Waals surface area (Å²) in [6.45, 7) is 4.01. The number of likely N-dealkylation sites (tertiary alicyclic amines) is 1. The van der Waals surface area contributed by atoms with Gasteiger partial charge in [-0.15, -0.1) is 0 Å². The maximum absolute atomic E-state index is 11.9. The Morgan fingerprint density at radius 1 is 1.24 bits per heavy atom. The van der Waals surface area contributed by atoms with Gasteiger partial charge in [-0.05, 0) is 50.5 Å². The summed E-state index contributed by atoms with van der Waals surface area (Å²) in [5.74, 6) is 1.78. The molecule has 3 N–H and O–H groups in total. The molecule has 1 aromatic carbocycles. The van der Waals surface area contributed by atoms with Crippen LogP contribution in [0.25, 0.3) is 0 Å². The van der Waals surface area contributed by atoms with Gasteiger partial charge in [-0.25, -0.2) is 0 Å². The van der Waals surface area contributed by atoms with Crippen LogP contribution < -0.4 is 16.0 Å². The molecule has 0 bridgehead atoms. The predicted octanol–water partition coefficient (Wildman–Crippen LogP) is 1.62. The molecule has 0 saturated carbocycles. The summed E-state index contributed by atoms with van der Waals surface area (Å²) in [6.07, 6.45) is 2.98. The van der Waals surface area contributed by atoms with E-state index in [1.165, 1.54) is 31.5 Å². The van der Waals surface area contributed by atoms with Crippen molar-refractivity contribution in [2.24, 2.45) is 10.9 Å². The third kappa shape index (κ3) is 4.72. The highest BCUT2D eigenvalue weighted by molar-refractivity contribution is 5.94. The summed E-state index contributed by atoms with van der Waals surface area (Å²) in [5, 5.41) is 9.79. The summed E-state index contributed by atoms with van der Waals surface area (Å²) in [5.41, 5.74) is 2.13. The lowest BCUT2D eigenvalue weighted by Gasteiger charge is -2.30. The van der Waals surface area contributed by atoms with E-state index in [1.54, 1.807) is 7.05 Å². The number of anilines is 1. The van der Waals surface area contributed by atoms with Gasteiger partial charge in [-0.3, -0.25) is 9.79 Å². The van der Waals surface area contributed by atoms with Crippen LogP contribution in [0.2, 0.25) is 0 Å². The highest BCUT2D eigenvalue weighted by Crippen LogP contribution is 2.31. The van der Waals surface area contributed by atoms with Gasteiger partial charge in [0.2, 0.25) is 5.91 Å². The summed E-state index contributed by atoms with van der Waals surface area (Å²) in [6, 6.07) is 8.04. The lowest BCUT2D eigenvalue weighted by Crippen LogP contribution is -2.44. The Balaban J connectivity index is 1.51. The molecule has 1 aromatic rings. The van der Waals surface area contributed by atoms with Crippen molar-refractivity contribution in [1.82, 2.24) is 15.5 Å². The molecule has 1 unspecified atom stereocenters. The normalized spacial score (nSPS) is 22.2. The molecule has 1 amide bonds. The first-order chi connectivity index (χ1) is 12.2. The van der Waals surface area contributed by atoms with Crippen LogP contribution in [0.3, 0.4) is 0 Å². The van der Waals surface area contributed by atoms with Crippen LogP contribution in [0.5, 0.6) is 0 Å². The average molecular weight is 343 g/mol. The van der Waals surface area contributed by atoms with Crippen molar-refractivity contribution in [2.45, 2.75) is 25.2 Å². The van der Waals surface area contributed by atoms with Crippen molar-refractivity contribution in [1.29, 1.82) is 0 Å². The van der Waals surface area contributed by atoms with Crippen molar-refractivity contribution in [3.8, 4) is 0 Å². The maximum atomic E-state index is 11.9. The van der Waals surface area contributed by atoms with Crippen molar-refractivity contribution < 1.29 is 4.79 Å². The van der Waals surface area contributed by atoms with Crippen molar-refractivity contribution in [3.63, 3.8) is 0 Å². The number of hydrogen-bond acceptors (Lipinski definition) is 3. The van der Waals surface area contributed by atoms with Gasteiger partial charge in [0.25, 0.3) is 0 Å². The first kappa shape index (κ1) is 17.7. The summed E-state index contributed by atoms with van der Waals surface area (Å²) in [4.78, 5) is 18.6. The third-order valence-electron chi connectivity index (χ3n) is 5.24. The highest BCUT2D eigenvalue weighted by atomic mass is 16.1. The van der Waals surface area contributed by atoms with Crippen LogP contribution in [0.4, 0.5) is 5.69 Å². The maximum Gasteiger partial charge on any atom is 0.225 e. The molecule has 2 aliphatic rings. The van der Waals surface area contributed by atoms with E-state index in [0.29, 0.717) is 18.9 Å². The second-order valence-electron chi connectivity index (χ2n) is 7.12. The number of rotatable bonds is 4. The molecule has 3 rings (SSSR count). The zero-order valence-corrected chi connectivity index (χ0v) is 15.2. The van der Waals surface area contributed by atoms with Gasteiger partial charge in [0, 0.05) is 38.2 Å². The minimum Gasteiger partial charge on any atom is -0.356 e. The number of amides is 1. The monoisotopic (exact) mass is 343 g/mol. The number of piperidine rings is 1. The minimum absolute atomic E-state index is 0.0831. The molecule has 136 valence electrons. The number of aliphatic imine (C=N–C) groups is 1. The molecule has 0 aliphatic carbocycles. The quantitative estimate of drug-likeness (QED) is 0.574. The SMILES string of the molecule is CN=C(NCC1CCN(C)CC1)NCC1CC(=O)Nc2ccccc21. The first-order valence-electron chi connectivity index (χ1n) is 9.17. The van der Waals surface area contributed by atoms with Crippen LogP contribution in [-0.4, -0.2) is 57.0 Å². The number of para-hydroxylation sites is 1. The minimum atomic E-state index is 0.0831. The van der Waals surface area contributed by atoms with E-state index in [-0.39, 0.29) is 11.8 Å². The molecule has 2 aliphatic heterocycles. The van der Waals surface area contributed by atoms with E-state index < -0.39 is 0 Å². The zero-order chi connectivity index (χ0) is 17.6. The van der Waals surface area contributed by atoms with Gasteiger partial charge >= 0.3 is 0 Å². The standard InChI is InChI=1S/C19H29N5O/c1-20-19(21-12-14-7-9-24(2)10-8-14)22-13-15-11-18(25)23-17-6-4-3-5-16(15)17/h3-6,14-15H,7-13H2,1-2H3,(H,23,25)(H2,20,21,22). The Hall–Kier alpha value is -2.08. The van der Waals surface area contributed by atoms with Gasteiger partial charge in [0.15, 0.2) is 5.96 Å². The Morgan fingerprint density at radius 3 is 2.72 bits per heavy atom. The number of nitrogens with zero attached hydrogens (tertiary/aromatic N) is 2. The molecule has 6 nitrogen and oxygen atoms in total. The first-order valence-corrected chi connectivity index (χ1v) is 9.17. The molecular weight excluding hydrogens is 314 g/mol. The number of hydrogen-bond donors (Lipinski definition) is 3. The Morgan fingerprint density at radius 2 is 1.96 bits per heavy atom. The van der Waals surface area contributed by atoms with Gasteiger partial charge in [-0.2, -0.15) is 0 Å². The molecule has 6 heteroatoms. The van der Waals surface area contributed by atoms with Crippen molar-refractivity contribution in [2.75, 3.05) is 45.6 Å². The Kier molecular flexibility index (Phi) is 5.91. The fourth-order valence-electron chi connectivity index (χ4n) is 3.63. The van der Waals surface area contributed by atoms with E-state index in [0.717, 1.165) is 18.2 Å². The van der Waals surface area contributed by atoms with E-state index in [9.17, 15) is 4.79 Å². The summed E-state index contributed by atoms with van der Waals surface area (Å²) < 4.78 is 0. The molecule has 25 heavy (non-hydrogen) atoms. The van der Waals surface area contributed by atoms with E-state index in [4.69, 9.17) is 0 Å². The lowest BCUT2D eigenvalue weighted by atomic mass is 9.90. The van der Waals surface area contributed by atoms with E-state index in [1.807, 2.05) is 18.2 Å². The van der Waals surface area contributed by atoms with Crippen molar-refractivity contribution >= 4 is 17.6 Å². The molecule has 0 radical (unpaired) electrons. The predicted molar refractivity (Wildman–Crippen MR) is 102 cm³/mol. The number of fused-ring (bicyclic) bond motifs is 1. The van der Waals surface area contributed by atoms with Crippen LogP contribution in [0.15, 0.2) is 29.3 Å². The van der Waals surface area contributed by atoms with Gasteiger partial charge in [0.1, 0.15) is 0 Å². The van der Waals surface area contributed by atoms with E-state index in [2.05, 4.69) is 39.0 Å². The van der Waals surface area contributed by atoms with Crippen LogP contribution in [0, 0.1) is 5.92 Å². The fourth-order valence-corrected chi connectivity index (χ4v) is 3.63. The second kappa shape index (κ2) is 8.34. The molecule has 0 spiro atoms. The number of benzene rings is 1. The Labute approximate surface area is 150 Å². The van der Waals surface area contributed by atoms with Crippen LogP contribution in [0.1, 0.15) is 30.7 Å². The highest BCUT2D eigenvalue weighted by Gasteiger charge is 2.25. The number of nitrogens with one attached hydrogen (secondary N) is 3.